The molecule has 4 rings (SSSR count). The average molecular weight is 420 g/mol. The molecule has 1 saturated heterocycles. The van der Waals surface area contributed by atoms with E-state index in [1.807, 2.05) is 43.4 Å². The van der Waals surface area contributed by atoms with Crippen molar-refractivity contribution in [3.8, 4) is 0 Å². The van der Waals surface area contributed by atoms with Crippen LogP contribution in [0.4, 0.5) is 0 Å². The molecule has 0 aliphatic carbocycles. The maximum Gasteiger partial charge on any atom is 0.262 e. The van der Waals surface area contributed by atoms with Crippen LogP contribution in [0, 0.1) is 0 Å². The van der Waals surface area contributed by atoms with Crippen LogP contribution in [-0.2, 0) is 16.1 Å². The zero-order chi connectivity index (χ0) is 22.1. The number of carbonyl (C=O) groups excluding carboxylic acids is 4. The smallest absolute Gasteiger partial charge is 0.262 e. The molecule has 0 radical (unpaired) electrons. The highest BCUT2D eigenvalue weighted by atomic mass is 16.2. The number of nitrogens with two attached hydrogens (primary N) is 1. The van der Waals surface area contributed by atoms with Gasteiger partial charge in [0.05, 0.1) is 11.1 Å². The van der Waals surface area contributed by atoms with Gasteiger partial charge in [-0.25, -0.2) is 0 Å². The summed E-state index contributed by atoms with van der Waals surface area (Å²) in [7, 11) is 1.96. The minimum Gasteiger partial charge on any atom is -0.329 e. The van der Waals surface area contributed by atoms with Crippen LogP contribution < -0.4 is 11.1 Å². The number of rotatable bonds is 6. The number of hydrogen-bond donors (Lipinski definition) is 2. The topological polar surface area (TPSA) is 113 Å². The molecule has 2 aromatic rings. The Morgan fingerprint density at radius 3 is 2.45 bits per heavy atom. The molecule has 0 spiro atoms. The summed E-state index contributed by atoms with van der Waals surface area (Å²) in [5.74, 6) is -2.01. The Balaban J connectivity index is 1.54. The third-order valence-electron chi connectivity index (χ3n) is 5.88. The molecule has 2 atom stereocenters. The first-order valence-electron chi connectivity index (χ1n) is 10.2. The lowest BCUT2D eigenvalue weighted by atomic mass is 10.0. The molecular formula is C23H24N4O4. The van der Waals surface area contributed by atoms with Gasteiger partial charge < -0.3 is 5.73 Å². The van der Waals surface area contributed by atoms with E-state index in [0.717, 1.165) is 16.0 Å². The molecule has 2 aliphatic heterocycles. The number of likely N-dealkylation sites (N-methyl/N-ethyl adjacent to an activating group) is 1. The van der Waals surface area contributed by atoms with E-state index < -0.39 is 29.7 Å². The van der Waals surface area contributed by atoms with Crippen LogP contribution in [0.5, 0.6) is 0 Å². The van der Waals surface area contributed by atoms with Gasteiger partial charge in [0.15, 0.2) is 0 Å². The minimum atomic E-state index is -0.962. The van der Waals surface area contributed by atoms with Gasteiger partial charge in [0.1, 0.15) is 6.04 Å². The van der Waals surface area contributed by atoms with Crippen molar-refractivity contribution in [1.82, 2.24) is 15.1 Å². The maximum absolute atomic E-state index is 13.0. The van der Waals surface area contributed by atoms with Crippen molar-refractivity contribution in [2.75, 3.05) is 13.6 Å². The number of amides is 4. The normalized spacial score (nSPS) is 19.6. The zero-order valence-corrected chi connectivity index (χ0v) is 17.2. The highest BCUT2D eigenvalue weighted by Crippen LogP contribution is 2.29. The quantitative estimate of drug-likeness (QED) is 0.680. The van der Waals surface area contributed by atoms with E-state index >= 15 is 0 Å². The molecule has 3 N–H and O–H groups in total. The van der Waals surface area contributed by atoms with Crippen molar-refractivity contribution in [3.63, 3.8) is 0 Å². The van der Waals surface area contributed by atoms with Crippen LogP contribution in [-0.4, -0.2) is 53.1 Å². The Labute approximate surface area is 180 Å². The Morgan fingerprint density at radius 1 is 1.06 bits per heavy atom. The summed E-state index contributed by atoms with van der Waals surface area (Å²) in [5.41, 5.74) is 8.53. The van der Waals surface area contributed by atoms with Crippen LogP contribution in [0.2, 0.25) is 0 Å². The fourth-order valence-electron chi connectivity index (χ4n) is 4.26. The molecule has 0 saturated carbocycles. The second-order valence-corrected chi connectivity index (χ2v) is 7.90. The first-order chi connectivity index (χ1) is 14.9. The lowest BCUT2D eigenvalue weighted by molar-refractivity contribution is -0.136. The SMILES string of the molecule is CN(Cc1ccc2c(c1)C(=O)N(C1CCC(=O)NC1=O)C2=O)C(CN)c1ccccc1. The monoisotopic (exact) mass is 420 g/mol. The number of hydrogen-bond acceptors (Lipinski definition) is 6. The van der Waals surface area contributed by atoms with Gasteiger partial charge in [-0.3, -0.25) is 34.3 Å². The fraction of sp³-hybridized carbons (Fsp3) is 0.304. The Hall–Kier alpha value is -3.36. The summed E-state index contributed by atoms with van der Waals surface area (Å²) in [4.78, 5) is 52.5. The van der Waals surface area contributed by atoms with Crippen LogP contribution in [0.3, 0.4) is 0 Å². The van der Waals surface area contributed by atoms with E-state index in [0.29, 0.717) is 13.1 Å². The third kappa shape index (κ3) is 3.87. The van der Waals surface area contributed by atoms with E-state index in [2.05, 4.69) is 10.2 Å². The predicted octanol–water partition coefficient (Wildman–Crippen LogP) is 1.22. The van der Waals surface area contributed by atoms with Crippen molar-refractivity contribution in [1.29, 1.82) is 0 Å². The molecule has 31 heavy (non-hydrogen) atoms. The standard InChI is InChI=1S/C23H24N4O4/c1-26(19(12-24)15-5-3-2-4-6-15)13-14-7-8-16-17(11-14)23(31)27(22(16)30)18-9-10-20(28)25-21(18)29/h2-8,11,18-19H,9-10,12-13,24H2,1H3,(H,25,28,29). The molecule has 2 aromatic carbocycles. The number of nitrogens with one attached hydrogen (secondary N) is 1. The number of piperidine rings is 1. The molecule has 160 valence electrons. The lowest BCUT2D eigenvalue weighted by Crippen LogP contribution is -2.54. The molecule has 2 heterocycles. The summed E-state index contributed by atoms with van der Waals surface area (Å²) in [5, 5.41) is 2.20. The first-order valence-corrected chi connectivity index (χ1v) is 10.2. The van der Waals surface area contributed by atoms with E-state index in [4.69, 9.17) is 5.73 Å². The Bertz CT molecular complexity index is 1050. The van der Waals surface area contributed by atoms with Gasteiger partial charge in [-0.15, -0.1) is 0 Å². The van der Waals surface area contributed by atoms with Crippen LogP contribution in [0.15, 0.2) is 48.5 Å². The average Bonchev–Trinajstić information content (AvgIpc) is 2.99. The zero-order valence-electron chi connectivity index (χ0n) is 17.2. The van der Waals surface area contributed by atoms with Crippen LogP contribution in [0.25, 0.3) is 0 Å². The van der Waals surface area contributed by atoms with E-state index in [1.54, 1.807) is 12.1 Å². The molecule has 8 heteroatoms. The summed E-state index contributed by atoms with van der Waals surface area (Å²) in [6, 6.07) is 14.1. The molecule has 2 aliphatic rings. The highest BCUT2D eigenvalue weighted by molar-refractivity contribution is 6.23. The van der Waals surface area contributed by atoms with Crippen LogP contribution in [0.1, 0.15) is 50.7 Å². The number of fused-ring (bicyclic) bond motifs is 1. The summed E-state index contributed by atoms with van der Waals surface area (Å²) in [6.45, 7) is 0.968. The van der Waals surface area contributed by atoms with Crippen molar-refractivity contribution in [2.45, 2.75) is 31.5 Å². The lowest BCUT2D eigenvalue weighted by Gasteiger charge is -2.28. The largest absolute Gasteiger partial charge is 0.329 e. The van der Waals surface area contributed by atoms with Gasteiger partial charge in [0.2, 0.25) is 11.8 Å². The van der Waals surface area contributed by atoms with Crippen molar-refractivity contribution < 1.29 is 19.2 Å². The molecule has 2 unspecified atom stereocenters. The number of benzene rings is 2. The summed E-state index contributed by atoms with van der Waals surface area (Å²) in [6.07, 6.45) is 0.237. The first kappa shape index (κ1) is 20.9. The molecular weight excluding hydrogens is 396 g/mol. The van der Waals surface area contributed by atoms with Gasteiger partial charge in [0, 0.05) is 25.6 Å². The molecule has 0 aromatic heterocycles. The van der Waals surface area contributed by atoms with Crippen molar-refractivity contribution in [2.24, 2.45) is 5.73 Å². The molecule has 4 amide bonds. The fourth-order valence-corrected chi connectivity index (χ4v) is 4.26. The van der Waals surface area contributed by atoms with Crippen molar-refractivity contribution in [3.05, 3.63) is 70.8 Å². The van der Waals surface area contributed by atoms with Gasteiger partial charge in [-0.1, -0.05) is 36.4 Å². The molecule has 1 fully saturated rings. The maximum atomic E-state index is 13.0. The number of nitrogens with zero attached hydrogens (tertiary/aromatic N) is 2. The molecule has 8 nitrogen and oxygen atoms in total. The van der Waals surface area contributed by atoms with Gasteiger partial charge in [-0.2, -0.15) is 0 Å². The highest BCUT2D eigenvalue weighted by Gasteiger charge is 2.44. The van der Waals surface area contributed by atoms with E-state index in [9.17, 15) is 19.2 Å². The van der Waals surface area contributed by atoms with E-state index in [1.165, 1.54) is 0 Å². The second kappa shape index (κ2) is 8.41. The number of imide groups is 2. The van der Waals surface area contributed by atoms with Gasteiger partial charge in [0.25, 0.3) is 11.8 Å². The number of carbonyl (C=O) groups is 4. The predicted molar refractivity (Wildman–Crippen MR) is 113 cm³/mol. The Morgan fingerprint density at radius 2 is 1.77 bits per heavy atom. The molecule has 0 bridgehead atoms. The van der Waals surface area contributed by atoms with Crippen LogP contribution >= 0.6 is 0 Å². The van der Waals surface area contributed by atoms with E-state index in [-0.39, 0.29) is 30.0 Å². The summed E-state index contributed by atoms with van der Waals surface area (Å²) >= 11 is 0. The summed E-state index contributed by atoms with van der Waals surface area (Å²) < 4.78 is 0. The van der Waals surface area contributed by atoms with Gasteiger partial charge >= 0.3 is 0 Å². The second-order valence-electron chi connectivity index (χ2n) is 7.90. The third-order valence-corrected chi connectivity index (χ3v) is 5.88. The van der Waals surface area contributed by atoms with Crippen molar-refractivity contribution >= 4 is 23.6 Å². The Kier molecular flexibility index (Phi) is 5.67. The van der Waals surface area contributed by atoms with Gasteiger partial charge in [-0.05, 0) is 36.7 Å². The minimum absolute atomic E-state index is 0.00626.